The maximum absolute atomic E-state index is 13.4. The number of carbonyl (C=O) groups is 3. The van der Waals surface area contributed by atoms with Crippen molar-refractivity contribution in [3.63, 3.8) is 0 Å². The van der Waals surface area contributed by atoms with E-state index in [1.54, 1.807) is 26.1 Å². The number of imide groups is 1. The molecule has 0 aromatic heterocycles. The summed E-state index contributed by atoms with van der Waals surface area (Å²) in [5, 5.41) is 13.4. The van der Waals surface area contributed by atoms with Crippen LogP contribution in [0.2, 0.25) is 0 Å². The number of aliphatic imine (C=N–C) groups is 1. The molecule has 3 aliphatic rings. The van der Waals surface area contributed by atoms with Crippen LogP contribution in [0.3, 0.4) is 0 Å². The lowest BCUT2D eigenvalue weighted by Crippen LogP contribution is -2.63. The zero-order valence-electron chi connectivity index (χ0n) is 23.3. The van der Waals surface area contributed by atoms with E-state index in [9.17, 15) is 19.6 Å². The minimum Gasteiger partial charge on any atom is -0.493 e. The number of fused-ring (bicyclic) bond motifs is 1. The van der Waals surface area contributed by atoms with Crippen LogP contribution in [-0.4, -0.2) is 92.9 Å². The molecule has 1 fully saturated rings. The summed E-state index contributed by atoms with van der Waals surface area (Å²) in [7, 11) is 7.32. The third kappa shape index (κ3) is 5.18. The Hall–Kier alpha value is -4.58. The van der Waals surface area contributed by atoms with Gasteiger partial charge in [0.2, 0.25) is 11.6 Å². The van der Waals surface area contributed by atoms with E-state index in [1.165, 1.54) is 33.3 Å². The summed E-state index contributed by atoms with van der Waals surface area (Å²) in [6.45, 7) is 1.73. The van der Waals surface area contributed by atoms with Gasteiger partial charge in [-0.15, -0.1) is 0 Å². The predicted octanol–water partition coefficient (Wildman–Crippen LogP) is 1.25. The number of benzene rings is 1. The second kappa shape index (κ2) is 11.9. The van der Waals surface area contributed by atoms with Crippen LogP contribution in [-0.2, 0) is 19.1 Å². The quantitative estimate of drug-likeness (QED) is 0.417. The van der Waals surface area contributed by atoms with Gasteiger partial charge in [0.05, 0.1) is 45.2 Å². The summed E-state index contributed by atoms with van der Waals surface area (Å²) in [6.07, 6.45) is -0.721. The monoisotopic (exact) mass is 586 g/mol. The number of likely N-dealkylation sites (N-methyl/N-ethyl adjacent to an activating group) is 2. The second-order valence-corrected chi connectivity index (χ2v) is 9.95. The Labute approximate surface area is 240 Å². The van der Waals surface area contributed by atoms with E-state index in [4.69, 9.17) is 29.4 Å². The lowest BCUT2D eigenvalue weighted by Gasteiger charge is -2.36. The number of esters is 1. The third-order valence-corrected chi connectivity index (χ3v) is 7.66. The van der Waals surface area contributed by atoms with Crippen molar-refractivity contribution in [2.24, 2.45) is 10.7 Å². The van der Waals surface area contributed by atoms with E-state index < -0.39 is 36.0 Å². The topological polar surface area (TPSA) is 178 Å². The SMILES string of the molecule is CCOC(=O)C1=C(CSC2=N[C@@H]3[C@H](N2)C(=O)N(C)C(=O)N3C)OC(N)=C(C#N)[C@H]1c1cc(OC)c(OC)c(OC)c1. The van der Waals surface area contributed by atoms with Crippen molar-refractivity contribution >= 4 is 34.8 Å². The smallest absolute Gasteiger partial charge is 0.338 e. The first-order valence-electron chi connectivity index (χ1n) is 12.4. The number of nitriles is 1. The minimum atomic E-state index is -0.989. The van der Waals surface area contributed by atoms with Crippen LogP contribution in [0, 0.1) is 11.3 Å². The molecule has 14 nitrogen and oxygen atoms in total. The summed E-state index contributed by atoms with van der Waals surface area (Å²) in [4.78, 5) is 45.3. The molecule has 3 N–H and O–H groups in total. The van der Waals surface area contributed by atoms with Crippen LogP contribution in [0.5, 0.6) is 17.2 Å². The Morgan fingerprint density at radius 2 is 1.85 bits per heavy atom. The molecule has 3 aliphatic heterocycles. The van der Waals surface area contributed by atoms with Crippen molar-refractivity contribution in [3.05, 3.63) is 40.5 Å². The fraction of sp³-hybridized carbons (Fsp3) is 0.423. The van der Waals surface area contributed by atoms with Gasteiger partial charge in [-0.1, -0.05) is 11.8 Å². The number of nitrogens with two attached hydrogens (primary N) is 1. The minimum absolute atomic E-state index is 0.00722. The van der Waals surface area contributed by atoms with Crippen molar-refractivity contribution in [1.29, 1.82) is 5.26 Å². The second-order valence-electron chi connectivity index (χ2n) is 8.99. The number of thioether (sulfide) groups is 1. The number of amides is 3. The highest BCUT2D eigenvalue weighted by Gasteiger charge is 2.47. The first-order valence-corrected chi connectivity index (χ1v) is 13.4. The molecule has 3 amide bonds. The van der Waals surface area contributed by atoms with Gasteiger partial charge in [-0.3, -0.25) is 9.69 Å². The van der Waals surface area contributed by atoms with Gasteiger partial charge < -0.3 is 39.6 Å². The Morgan fingerprint density at radius 1 is 1.20 bits per heavy atom. The molecular weight excluding hydrogens is 556 g/mol. The number of hydrogen-bond acceptors (Lipinski definition) is 13. The molecule has 0 bridgehead atoms. The van der Waals surface area contributed by atoms with Crippen molar-refractivity contribution in [1.82, 2.24) is 15.1 Å². The Bertz CT molecular complexity index is 1390. The van der Waals surface area contributed by atoms with Crippen LogP contribution < -0.4 is 25.3 Å². The standard InChI is InChI=1S/C26H30N6O8S/c1-7-39-24(34)18-16(11-41-25-29-19-22(30-25)31(2)26(35)32(3)23(19)33)40-21(28)13(10-27)17(18)12-8-14(36-4)20(38-6)15(9-12)37-5/h8-9,17,19,22H,7,11,28H2,1-6H3,(H,29,30)/t17-,19+,22+/m1/s1. The van der Waals surface area contributed by atoms with Crippen molar-refractivity contribution < 1.29 is 38.1 Å². The number of nitrogens with zero attached hydrogens (tertiary/aromatic N) is 4. The summed E-state index contributed by atoms with van der Waals surface area (Å²) >= 11 is 1.14. The molecule has 3 atom stereocenters. The van der Waals surface area contributed by atoms with Gasteiger partial charge in [-0.05, 0) is 24.6 Å². The maximum Gasteiger partial charge on any atom is 0.338 e. The Kier molecular flexibility index (Phi) is 8.52. The molecule has 3 heterocycles. The third-order valence-electron chi connectivity index (χ3n) is 6.76. The van der Waals surface area contributed by atoms with Gasteiger partial charge in [0.1, 0.15) is 23.4 Å². The highest BCUT2D eigenvalue weighted by Crippen LogP contribution is 2.46. The fourth-order valence-corrected chi connectivity index (χ4v) is 5.64. The lowest BCUT2D eigenvalue weighted by atomic mass is 9.82. The Morgan fingerprint density at radius 3 is 2.41 bits per heavy atom. The van der Waals surface area contributed by atoms with Crippen LogP contribution in [0.15, 0.2) is 39.9 Å². The van der Waals surface area contributed by atoms with E-state index in [0.717, 1.165) is 16.7 Å². The fourth-order valence-electron chi connectivity index (χ4n) is 4.76. The van der Waals surface area contributed by atoms with Crippen molar-refractivity contribution in [2.45, 2.75) is 25.0 Å². The molecule has 15 heteroatoms. The molecule has 41 heavy (non-hydrogen) atoms. The van der Waals surface area contributed by atoms with Crippen LogP contribution in [0.1, 0.15) is 18.4 Å². The number of hydrogen-bond donors (Lipinski definition) is 2. The number of carbonyl (C=O) groups excluding carboxylic acids is 3. The molecule has 0 radical (unpaired) electrons. The van der Waals surface area contributed by atoms with E-state index in [2.05, 4.69) is 16.4 Å². The van der Waals surface area contributed by atoms with Gasteiger partial charge >= 0.3 is 12.0 Å². The van der Waals surface area contributed by atoms with Crippen LogP contribution >= 0.6 is 11.8 Å². The Balaban J connectivity index is 1.75. The van der Waals surface area contributed by atoms with E-state index in [0.29, 0.717) is 28.0 Å². The summed E-state index contributed by atoms with van der Waals surface area (Å²) in [5.41, 5.74) is 6.69. The number of amidine groups is 1. The molecule has 1 aromatic carbocycles. The van der Waals surface area contributed by atoms with E-state index >= 15 is 0 Å². The van der Waals surface area contributed by atoms with Crippen LogP contribution in [0.25, 0.3) is 0 Å². The number of nitrogens with one attached hydrogen (secondary N) is 1. The number of methoxy groups -OCH3 is 3. The average Bonchev–Trinajstić information content (AvgIpc) is 3.41. The summed E-state index contributed by atoms with van der Waals surface area (Å²) in [6, 6.07) is 4.07. The summed E-state index contributed by atoms with van der Waals surface area (Å²) < 4.78 is 27.6. The molecule has 218 valence electrons. The van der Waals surface area contributed by atoms with E-state index in [-0.39, 0.29) is 35.1 Å². The van der Waals surface area contributed by atoms with Gasteiger partial charge in [0, 0.05) is 14.1 Å². The van der Waals surface area contributed by atoms with Gasteiger partial charge in [-0.25, -0.2) is 14.6 Å². The van der Waals surface area contributed by atoms with Gasteiger partial charge in [0.15, 0.2) is 22.8 Å². The lowest BCUT2D eigenvalue weighted by molar-refractivity contribution is -0.139. The van der Waals surface area contributed by atoms with Crippen molar-refractivity contribution in [2.75, 3.05) is 47.8 Å². The highest BCUT2D eigenvalue weighted by molar-refractivity contribution is 8.14. The normalized spacial score (nSPS) is 22.0. The number of ether oxygens (including phenoxy) is 5. The van der Waals surface area contributed by atoms with Crippen LogP contribution in [0.4, 0.5) is 4.79 Å². The van der Waals surface area contributed by atoms with Gasteiger partial charge in [-0.2, -0.15) is 5.26 Å². The summed E-state index contributed by atoms with van der Waals surface area (Å²) in [5.74, 6) is -1.19. The van der Waals surface area contributed by atoms with E-state index in [1.807, 2.05) is 0 Å². The first-order chi connectivity index (χ1) is 19.6. The maximum atomic E-state index is 13.4. The zero-order chi connectivity index (χ0) is 30.0. The molecule has 0 saturated carbocycles. The molecule has 0 aliphatic carbocycles. The number of allylic oxidation sites excluding steroid dienone is 1. The zero-order valence-corrected chi connectivity index (χ0v) is 24.2. The molecule has 1 saturated heterocycles. The molecule has 1 aromatic rings. The number of urea groups is 1. The molecular formula is C26H30N6O8S. The number of rotatable bonds is 8. The molecule has 0 spiro atoms. The highest BCUT2D eigenvalue weighted by atomic mass is 32.2. The molecule has 4 rings (SSSR count). The molecule has 0 unspecified atom stereocenters. The predicted molar refractivity (Wildman–Crippen MR) is 147 cm³/mol. The van der Waals surface area contributed by atoms with Crippen molar-refractivity contribution in [3.8, 4) is 23.3 Å². The average molecular weight is 587 g/mol. The largest absolute Gasteiger partial charge is 0.493 e. The first kappa shape index (κ1) is 29.4. The van der Waals surface area contributed by atoms with Gasteiger partial charge in [0.25, 0.3) is 5.91 Å².